The summed E-state index contributed by atoms with van der Waals surface area (Å²) < 4.78 is 0. The van der Waals surface area contributed by atoms with Gasteiger partial charge in [-0.1, -0.05) is 86.7 Å². The third kappa shape index (κ3) is 6.00. The van der Waals surface area contributed by atoms with E-state index in [1.807, 2.05) is 30.0 Å². The molecule has 0 unspecified atom stereocenters. The molecule has 0 atom stereocenters. The van der Waals surface area contributed by atoms with Gasteiger partial charge in [0.2, 0.25) is 0 Å². The Morgan fingerprint density at radius 3 is 2.04 bits per heavy atom. The van der Waals surface area contributed by atoms with E-state index < -0.39 is 0 Å². The largest absolute Gasteiger partial charge is 0.0936 e. The molecule has 0 aromatic heterocycles. The number of allylic oxidation sites excluding steroid dienone is 2. The highest BCUT2D eigenvalue weighted by Crippen LogP contribution is 2.33. The number of benzene rings is 2. The van der Waals surface area contributed by atoms with E-state index in [1.165, 1.54) is 15.4 Å². The summed E-state index contributed by atoms with van der Waals surface area (Å²) in [7, 11) is 0. The molecule has 0 fully saturated rings. The molecule has 0 radical (unpaired) electrons. The monoisotopic (exact) mass is 320 g/mol. The normalized spacial score (nSPS) is 11.4. The maximum atomic E-state index is 3.45. The first-order chi connectivity index (χ1) is 11.3. The van der Waals surface area contributed by atoms with Crippen LogP contribution in [0.3, 0.4) is 0 Å². The second-order valence-electron chi connectivity index (χ2n) is 5.43. The van der Waals surface area contributed by atoms with Crippen LogP contribution in [0.5, 0.6) is 0 Å². The SMILES string of the molecule is CCC/C(C#Cc1ccccc1)=C(/CCC)Sc1ccccc1. The van der Waals surface area contributed by atoms with E-state index in [2.05, 4.69) is 68.2 Å². The summed E-state index contributed by atoms with van der Waals surface area (Å²) >= 11 is 1.87. The van der Waals surface area contributed by atoms with Crippen LogP contribution >= 0.6 is 11.8 Å². The Bertz CT molecular complexity index is 672. The van der Waals surface area contributed by atoms with Gasteiger partial charge in [0.15, 0.2) is 0 Å². The fourth-order valence-electron chi connectivity index (χ4n) is 2.31. The van der Waals surface area contributed by atoms with Gasteiger partial charge in [0.1, 0.15) is 0 Å². The van der Waals surface area contributed by atoms with Crippen LogP contribution in [0.1, 0.15) is 45.1 Å². The van der Waals surface area contributed by atoms with E-state index in [9.17, 15) is 0 Å². The van der Waals surface area contributed by atoms with Crippen molar-refractivity contribution in [2.45, 2.75) is 44.4 Å². The smallest absolute Gasteiger partial charge is 0.0248 e. The van der Waals surface area contributed by atoms with Crippen molar-refractivity contribution >= 4 is 11.8 Å². The van der Waals surface area contributed by atoms with Crippen LogP contribution in [0.4, 0.5) is 0 Å². The maximum absolute atomic E-state index is 3.45. The lowest BCUT2D eigenvalue weighted by atomic mass is 10.1. The summed E-state index contributed by atoms with van der Waals surface area (Å²) in [6, 6.07) is 20.9. The minimum Gasteiger partial charge on any atom is -0.0936 e. The second-order valence-corrected chi connectivity index (χ2v) is 6.60. The zero-order valence-corrected chi connectivity index (χ0v) is 14.8. The van der Waals surface area contributed by atoms with Crippen molar-refractivity contribution in [3.63, 3.8) is 0 Å². The molecule has 23 heavy (non-hydrogen) atoms. The van der Waals surface area contributed by atoms with E-state index in [0.717, 1.165) is 31.2 Å². The molecule has 0 saturated heterocycles. The number of thioether (sulfide) groups is 1. The fourth-order valence-corrected chi connectivity index (χ4v) is 3.47. The lowest BCUT2D eigenvalue weighted by molar-refractivity contribution is 0.891. The predicted molar refractivity (Wildman–Crippen MR) is 102 cm³/mol. The van der Waals surface area contributed by atoms with Crippen LogP contribution in [0.2, 0.25) is 0 Å². The van der Waals surface area contributed by atoms with E-state index in [4.69, 9.17) is 0 Å². The summed E-state index contributed by atoms with van der Waals surface area (Å²) in [6.07, 6.45) is 4.42. The minimum atomic E-state index is 1.05. The van der Waals surface area contributed by atoms with E-state index in [0.29, 0.717) is 0 Å². The molecule has 0 N–H and O–H groups in total. The minimum absolute atomic E-state index is 1.05. The van der Waals surface area contributed by atoms with E-state index in [-0.39, 0.29) is 0 Å². The molecule has 118 valence electrons. The van der Waals surface area contributed by atoms with E-state index >= 15 is 0 Å². The summed E-state index contributed by atoms with van der Waals surface area (Å²) in [6.45, 7) is 4.46. The van der Waals surface area contributed by atoms with Crippen LogP contribution < -0.4 is 0 Å². The highest BCUT2D eigenvalue weighted by molar-refractivity contribution is 8.03. The Balaban J connectivity index is 2.31. The number of hydrogen-bond donors (Lipinski definition) is 0. The molecule has 0 spiro atoms. The average molecular weight is 321 g/mol. The first kappa shape index (κ1) is 17.4. The van der Waals surface area contributed by atoms with Gasteiger partial charge < -0.3 is 0 Å². The molecule has 2 aromatic carbocycles. The second kappa shape index (κ2) is 9.98. The van der Waals surface area contributed by atoms with Gasteiger partial charge in [-0.15, -0.1) is 0 Å². The molecule has 2 rings (SSSR count). The van der Waals surface area contributed by atoms with Crippen molar-refractivity contribution in [2.24, 2.45) is 0 Å². The third-order valence-electron chi connectivity index (χ3n) is 3.43. The number of rotatable bonds is 6. The summed E-state index contributed by atoms with van der Waals surface area (Å²) in [4.78, 5) is 2.72. The summed E-state index contributed by atoms with van der Waals surface area (Å²) in [5.74, 6) is 6.78. The van der Waals surface area contributed by atoms with Crippen molar-refractivity contribution in [2.75, 3.05) is 0 Å². The Morgan fingerprint density at radius 1 is 0.826 bits per heavy atom. The van der Waals surface area contributed by atoms with Crippen LogP contribution in [0.15, 0.2) is 76.0 Å². The molecule has 0 aliphatic heterocycles. The van der Waals surface area contributed by atoms with Crippen LogP contribution in [0, 0.1) is 11.8 Å². The molecule has 0 saturated carbocycles. The topological polar surface area (TPSA) is 0 Å². The Kier molecular flexibility index (Phi) is 7.57. The highest BCUT2D eigenvalue weighted by atomic mass is 32.2. The van der Waals surface area contributed by atoms with E-state index in [1.54, 1.807) is 0 Å². The first-order valence-corrected chi connectivity index (χ1v) is 9.17. The Hall–Kier alpha value is -1.91. The molecule has 0 bridgehead atoms. The maximum Gasteiger partial charge on any atom is 0.0248 e. The molecular formula is C22H24S. The molecule has 0 aliphatic carbocycles. The summed E-state index contributed by atoms with van der Waals surface area (Å²) in [5.41, 5.74) is 2.38. The molecule has 1 heteroatoms. The molecule has 0 aliphatic rings. The lowest BCUT2D eigenvalue weighted by Crippen LogP contribution is -1.89. The van der Waals surface area contributed by atoms with Crippen LogP contribution in [-0.2, 0) is 0 Å². The van der Waals surface area contributed by atoms with Crippen LogP contribution in [0.25, 0.3) is 0 Å². The zero-order valence-electron chi connectivity index (χ0n) is 14.0. The van der Waals surface area contributed by atoms with Crippen molar-refractivity contribution < 1.29 is 0 Å². The van der Waals surface area contributed by atoms with Crippen molar-refractivity contribution in [3.05, 3.63) is 76.7 Å². The van der Waals surface area contributed by atoms with Gasteiger partial charge in [0, 0.05) is 20.9 Å². The molecule has 0 heterocycles. The molecular weight excluding hydrogens is 296 g/mol. The van der Waals surface area contributed by atoms with Crippen molar-refractivity contribution in [1.29, 1.82) is 0 Å². The third-order valence-corrected chi connectivity index (χ3v) is 4.63. The quantitative estimate of drug-likeness (QED) is 0.422. The van der Waals surface area contributed by atoms with Crippen molar-refractivity contribution in [1.82, 2.24) is 0 Å². The Labute approximate surface area is 145 Å². The van der Waals surface area contributed by atoms with Gasteiger partial charge in [0.25, 0.3) is 0 Å². The fraction of sp³-hybridized carbons (Fsp3) is 0.273. The predicted octanol–water partition coefficient (Wildman–Crippen LogP) is 6.68. The van der Waals surface area contributed by atoms with Crippen molar-refractivity contribution in [3.8, 4) is 11.8 Å². The zero-order chi connectivity index (χ0) is 16.3. The average Bonchev–Trinajstić information content (AvgIpc) is 2.60. The van der Waals surface area contributed by atoms with Gasteiger partial charge in [-0.2, -0.15) is 0 Å². The van der Waals surface area contributed by atoms with Gasteiger partial charge >= 0.3 is 0 Å². The standard InChI is InChI=1S/C22H24S/c1-3-11-20(18-17-19-13-7-5-8-14-19)22(12-4-2)23-21-15-9-6-10-16-21/h5-10,13-16H,3-4,11-12H2,1-2H3/b22-20+. The van der Waals surface area contributed by atoms with Gasteiger partial charge in [-0.25, -0.2) is 0 Å². The van der Waals surface area contributed by atoms with Gasteiger partial charge in [-0.05, 0) is 37.1 Å². The Morgan fingerprint density at radius 2 is 1.43 bits per heavy atom. The first-order valence-electron chi connectivity index (χ1n) is 8.35. The highest BCUT2D eigenvalue weighted by Gasteiger charge is 2.06. The molecule has 0 nitrogen and oxygen atoms in total. The lowest BCUT2D eigenvalue weighted by Gasteiger charge is -2.10. The molecule has 2 aromatic rings. The number of hydrogen-bond acceptors (Lipinski definition) is 1. The van der Waals surface area contributed by atoms with Crippen LogP contribution in [-0.4, -0.2) is 0 Å². The summed E-state index contributed by atoms with van der Waals surface area (Å²) in [5, 5.41) is 0. The molecule has 0 amide bonds. The van der Waals surface area contributed by atoms with Gasteiger partial charge in [-0.3, -0.25) is 0 Å². The van der Waals surface area contributed by atoms with Gasteiger partial charge in [0.05, 0.1) is 0 Å².